The zero-order valence-corrected chi connectivity index (χ0v) is 18.0. The summed E-state index contributed by atoms with van der Waals surface area (Å²) in [4.78, 5) is 38.5. The van der Waals surface area contributed by atoms with Crippen molar-refractivity contribution in [2.24, 2.45) is 0 Å². The molecule has 1 aliphatic rings. The topological polar surface area (TPSA) is 66.5 Å². The number of nitrogens with one attached hydrogen (secondary N) is 1. The number of nitrogens with zero attached hydrogens (tertiary/aromatic N) is 1. The molecule has 0 radical (unpaired) electrons. The van der Waals surface area contributed by atoms with Crippen LogP contribution in [-0.4, -0.2) is 34.9 Å². The van der Waals surface area contributed by atoms with E-state index in [9.17, 15) is 18.8 Å². The molecule has 0 aromatic heterocycles. The number of amides is 3. The summed E-state index contributed by atoms with van der Waals surface area (Å²) >= 11 is 1.55. The summed E-state index contributed by atoms with van der Waals surface area (Å²) < 4.78 is 13.6. The van der Waals surface area contributed by atoms with Crippen molar-refractivity contribution in [3.05, 3.63) is 106 Å². The van der Waals surface area contributed by atoms with Gasteiger partial charge in [-0.3, -0.25) is 19.3 Å². The van der Waals surface area contributed by atoms with E-state index >= 15 is 0 Å². The average Bonchev–Trinajstić information content (AvgIpc) is 3.05. The van der Waals surface area contributed by atoms with E-state index in [0.29, 0.717) is 40.3 Å². The lowest BCUT2D eigenvalue weighted by molar-refractivity contribution is 0.0641. The number of benzene rings is 3. The Labute approximate surface area is 189 Å². The second kappa shape index (κ2) is 9.78. The highest BCUT2D eigenvalue weighted by Gasteiger charge is 2.34. The Kier molecular flexibility index (Phi) is 6.66. The third kappa shape index (κ3) is 4.73. The van der Waals surface area contributed by atoms with Gasteiger partial charge in [-0.15, -0.1) is 0 Å². The first-order valence-electron chi connectivity index (χ1n) is 10.2. The van der Waals surface area contributed by atoms with Crippen molar-refractivity contribution in [1.82, 2.24) is 10.2 Å². The summed E-state index contributed by atoms with van der Waals surface area (Å²) in [7, 11) is 0. The molecule has 162 valence electrons. The summed E-state index contributed by atoms with van der Waals surface area (Å²) in [5.74, 6) is 0.183. The van der Waals surface area contributed by atoms with E-state index in [-0.39, 0.29) is 30.1 Å². The van der Waals surface area contributed by atoms with Crippen LogP contribution in [0.3, 0.4) is 0 Å². The number of imide groups is 1. The minimum atomic E-state index is -0.305. The first-order valence-corrected chi connectivity index (χ1v) is 11.3. The molecule has 3 amide bonds. The summed E-state index contributed by atoms with van der Waals surface area (Å²) in [6.45, 7) is 0.621. The van der Waals surface area contributed by atoms with E-state index < -0.39 is 0 Å². The molecule has 0 fully saturated rings. The van der Waals surface area contributed by atoms with Crippen LogP contribution in [0.1, 0.15) is 42.2 Å². The van der Waals surface area contributed by atoms with Crippen LogP contribution in [0.25, 0.3) is 0 Å². The van der Waals surface area contributed by atoms with Gasteiger partial charge in [0.2, 0.25) is 0 Å². The number of carbonyl (C=O) groups is 3. The van der Waals surface area contributed by atoms with Gasteiger partial charge >= 0.3 is 0 Å². The third-order valence-electron chi connectivity index (χ3n) is 5.18. The van der Waals surface area contributed by atoms with Crippen molar-refractivity contribution in [1.29, 1.82) is 0 Å². The van der Waals surface area contributed by atoms with E-state index in [4.69, 9.17) is 0 Å². The van der Waals surface area contributed by atoms with Crippen LogP contribution in [0, 0.1) is 5.82 Å². The minimum absolute atomic E-state index is 0.154. The Bertz CT molecular complexity index is 1130. The standard InChI is InChI=1S/C25H21FN2O3S/c26-22-8-4-1-5-19(22)16-32-14-13-27-23(29)18-11-9-17(10-12-18)15-28-24(30)20-6-2-3-7-21(20)25(28)31/h1-12H,13-16H2,(H,27,29). The molecule has 1 heterocycles. The van der Waals surface area contributed by atoms with Crippen molar-refractivity contribution in [2.75, 3.05) is 12.3 Å². The van der Waals surface area contributed by atoms with Gasteiger partial charge in [-0.25, -0.2) is 4.39 Å². The first kappa shape index (κ1) is 21.8. The second-order valence-corrected chi connectivity index (χ2v) is 8.44. The predicted molar refractivity (Wildman–Crippen MR) is 122 cm³/mol. The van der Waals surface area contributed by atoms with Gasteiger partial charge in [0.15, 0.2) is 0 Å². The lowest BCUT2D eigenvalue weighted by Crippen LogP contribution is -2.29. The molecule has 32 heavy (non-hydrogen) atoms. The molecule has 0 spiro atoms. The second-order valence-electron chi connectivity index (χ2n) is 7.34. The summed E-state index contributed by atoms with van der Waals surface area (Å²) in [5.41, 5.74) is 2.74. The summed E-state index contributed by atoms with van der Waals surface area (Å²) in [5, 5.41) is 2.85. The smallest absolute Gasteiger partial charge is 0.261 e. The lowest BCUT2D eigenvalue weighted by Gasteiger charge is -2.14. The molecule has 0 unspecified atom stereocenters. The zero-order chi connectivity index (χ0) is 22.5. The number of rotatable bonds is 8. The van der Waals surface area contributed by atoms with Crippen LogP contribution in [-0.2, 0) is 12.3 Å². The SMILES string of the molecule is O=C(NCCSCc1ccccc1F)c1ccc(CN2C(=O)c3ccccc3C2=O)cc1. The maximum absolute atomic E-state index is 13.6. The number of carbonyl (C=O) groups excluding carboxylic acids is 3. The fraction of sp³-hybridized carbons (Fsp3) is 0.160. The number of fused-ring (bicyclic) bond motifs is 1. The Morgan fingerprint density at radius 1 is 0.875 bits per heavy atom. The quantitative estimate of drug-likeness (QED) is 0.413. The Hall–Kier alpha value is -3.45. The highest BCUT2D eigenvalue weighted by Crippen LogP contribution is 2.24. The maximum atomic E-state index is 13.6. The molecule has 1 aliphatic heterocycles. The Balaban J connectivity index is 1.26. The van der Waals surface area contributed by atoms with Crippen LogP contribution >= 0.6 is 11.8 Å². The normalized spacial score (nSPS) is 12.7. The molecule has 4 rings (SSSR count). The molecule has 0 atom stereocenters. The monoisotopic (exact) mass is 448 g/mol. The van der Waals surface area contributed by atoms with Crippen molar-refractivity contribution < 1.29 is 18.8 Å². The van der Waals surface area contributed by atoms with Crippen LogP contribution in [0.4, 0.5) is 4.39 Å². The van der Waals surface area contributed by atoms with Gasteiger partial charge in [-0.05, 0) is 41.5 Å². The molecule has 5 nitrogen and oxygen atoms in total. The van der Waals surface area contributed by atoms with Crippen molar-refractivity contribution in [3.8, 4) is 0 Å². The Morgan fingerprint density at radius 3 is 2.16 bits per heavy atom. The molecule has 3 aromatic rings. The number of thioether (sulfide) groups is 1. The molecule has 1 N–H and O–H groups in total. The number of hydrogen-bond donors (Lipinski definition) is 1. The number of halogens is 1. The fourth-order valence-electron chi connectivity index (χ4n) is 3.46. The van der Waals surface area contributed by atoms with Crippen LogP contribution in [0.5, 0.6) is 0 Å². The fourth-order valence-corrected chi connectivity index (χ4v) is 4.31. The van der Waals surface area contributed by atoms with E-state index in [2.05, 4.69) is 5.32 Å². The average molecular weight is 449 g/mol. The summed E-state index contributed by atoms with van der Waals surface area (Å²) in [6.07, 6.45) is 0. The van der Waals surface area contributed by atoms with E-state index in [0.717, 1.165) is 5.56 Å². The molecular formula is C25H21FN2O3S. The predicted octanol–water partition coefficient (Wildman–Crippen LogP) is 4.29. The van der Waals surface area contributed by atoms with Gasteiger partial charge < -0.3 is 5.32 Å². The lowest BCUT2D eigenvalue weighted by atomic mass is 10.1. The van der Waals surface area contributed by atoms with E-state index in [1.54, 1.807) is 78.5 Å². The van der Waals surface area contributed by atoms with Gasteiger partial charge in [0.25, 0.3) is 17.7 Å². The highest BCUT2D eigenvalue weighted by atomic mass is 32.2. The van der Waals surface area contributed by atoms with Gasteiger partial charge in [-0.2, -0.15) is 11.8 Å². The van der Waals surface area contributed by atoms with Crippen molar-refractivity contribution in [3.63, 3.8) is 0 Å². The van der Waals surface area contributed by atoms with Gasteiger partial charge in [-0.1, -0.05) is 42.5 Å². The maximum Gasteiger partial charge on any atom is 0.261 e. The van der Waals surface area contributed by atoms with Crippen molar-refractivity contribution in [2.45, 2.75) is 12.3 Å². The van der Waals surface area contributed by atoms with Gasteiger partial charge in [0.05, 0.1) is 17.7 Å². The van der Waals surface area contributed by atoms with Gasteiger partial charge in [0.1, 0.15) is 5.82 Å². The van der Waals surface area contributed by atoms with Crippen molar-refractivity contribution >= 4 is 29.5 Å². The number of hydrogen-bond acceptors (Lipinski definition) is 4. The molecule has 3 aromatic carbocycles. The van der Waals surface area contributed by atoms with Crippen LogP contribution in [0.2, 0.25) is 0 Å². The Morgan fingerprint density at radius 2 is 1.50 bits per heavy atom. The molecule has 0 aliphatic carbocycles. The van der Waals surface area contributed by atoms with Crippen LogP contribution in [0.15, 0.2) is 72.8 Å². The van der Waals surface area contributed by atoms with E-state index in [1.165, 1.54) is 11.0 Å². The molecule has 0 saturated carbocycles. The van der Waals surface area contributed by atoms with E-state index in [1.807, 2.05) is 0 Å². The first-order chi connectivity index (χ1) is 15.5. The zero-order valence-electron chi connectivity index (χ0n) is 17.2. The molecule has 0 bridgehead atoms. The van der Waals surface area contributed by atoms with Crippen LogP contribution < -0.4 is 5.32 Å². The van der Waals surface area contributed by atoms with Gasteiger partial charge in [0, 0.05) is 23.6 Å². The minimum Gasteiger partial charge on any atom is -0.351 e. The molecular weight excluding hydrogens is 427 g/mol. The molecule has 0 saturated heterocycles. The summed E-state index contributed by atoms with van der Waals surface area (Å²) in [6, 6.07) is 20.3. The highest BCUT2D eigenvalue weighted by molar-refractivity contribution is 7.98. The largest absolute Gasteiger partial charge is 0.351 e. The molecule has 7 heteroatoms. The third-order valence-corrected chi connectivity index (χ3v) is 6.19.